The van der Waals surface area contributed by atoms with Gasteiger partial charge < -0.3 is 5.32 Å². The van der Waals surface area contributed by atoms with Gasteiger partial charge in [-0.1, -0.05) is 43.1 Å². The van der Waals surface area contributed by atoms with Crippen LogP contribution in [0.5, 0.6) is 0 Å². The fraction of sp³-hybridized carbons (Fsp3) is 0.296. The van der Waals surface area contributed by atoms with Gasteiger partial charge in [-0.3, -0.25) is 9.78 Å². The van der Waals surface area contributed by atoms with E-state index in [2.05, 4.69) is 15.3 Å². The molecule has 1 atom stereocenters. The van der Waals surface area contributed by atoms with E-state index in [4.69, 9.17) is 11.6 Å². The monoisotopic (exact) mass is 578 g/mol. The van der Waals surface area contributed by atoms with E-state index in [1.54, 1.807) is 38.1 Å². The Kier molecular flexibility index (Phi) is 8.04. The summed E-state index contributed by atoms with van der Waals surface area (Å²) in [4.78, 5) is 21.2. The minimum atomic E-state index is -4.43. The van der Waals surface area contributed by atoms with Crippen LogP contribution in [0.4, 0.5) is 18.9 Å². The van der Waals surface area contributed by atoms with Gasteiger partial charge in [0.25, 0.3) is 10.0 Å². The highest BCUT2D eigenvalue weighted by Gasteiger charge is 2.31. The molecule has 0 aliphatic rings. The zero-order valence-corrected chi connectivity index (χ0v) is 22.9. The maximum atomic E-state index is 13.5. The van der Waals surface area contributed by atoms with E-state index in [1.807, 2.05) is 6.92 Å². The lowest BCUT2D eigenvalue weighted by molar-refractivity contribution is -0.143. The molecule has 39 heavy (non-hydrogen) atoms. The molecule has 206 valence electrons. The highest BCUT2D eigenvalue weighted by molar-refractivity contribution is 7.90. The van der Waals surface area contributed by atoms with Crippen LogP contribution >= 0.6 is 11.6 Å². The molecule has 1 aromatic carbocycles. The first kappa shape index (κ1) is 28.6. The summed E-state index contributed by atoms with van der Waals surface area (Å²) < 4.78 is 66.2. The zero-order valence-electron chi connectivity index (χ0n) is 21.3. The van der Waals surface area contributed by atoms with Crippen molar-refractivity contribution in [2.24, 2.45) is 5.92 Å². The van der Waals surface area contributed by atoms with Gasteiger partial charge in [0.1, 0.15) is 0 Å². The molecule has 0 fully saturated rings. The number of benzene rings is 1. The lowest BCUT2D eigenvalue weighted by Gasteiger charge is -2.22. The predicted octanol–water partition coefficient (Wildman–Crippen LogP) is 6.65. The van der Waals surface area contributed by atoms with Crippen molar-refractivity contribution in [3.05, 3.63) is 71.8 Å². The molecule has 12 heteroatoms. The number of pyridine rings is 2. The summed E-state index contributed by atoms with van der Waals surface area (Å²) in [7, 11) is -4.01. The van der Waals surface area contributed by atoms with E-state index in [0.717, 1.165) is 9.54 Å². The minimum absolute atomic E-state index is 0.0824. The van der Waals surface area contributed by atoms with Crippen LogP contribution in [0.15, 0.2) is 66.1 Å². The lowest BCUT2D eigenvalue weighted by Crippen LogP contribution is -2.35. The van der Waals surface area contributed by atoms with Gasteiger partial charge in [0.15, 0.2) is 11.4 Å². The number of aryl methyl sites for hydroxylation is 1. The molecule has 0 radical (unpaired) electrons. The van der Waals surface area contributed by atoms with Gasteiger partial charge in [0.05, 0.1) is 28.1 Å². The van der Waals surface area contributed by atoms with E-state index in [9.17, 15) is 26.4 Å². The van der Waals surface area contributed by atoms with Gasteiger partial charge in [0, 0.05) is 47.7 Å². The Labute approximate surface area is 229 Å². The molecule has 7 nitrogen and oxygen atoms in total. The van der Waals surface area contributed by atoms with E-state index < -0.39 is 40.9 Å². The predicted molar refractivity (Wildman–Crippen MR) is 144 cm³/mol. The van der Waals surface area contributed by atoms with Crippen molar-refractivity contribution in [2.45, 2.75) is 50.7 Å². The first-order chi connectivity index (χ1) is 18.3. The third-order valence-corrected chi connectivity index (χ3v) is 8.07. The molecule has 3 aromatic heterocycles. The fourth-order valence-electron chi connectivity index (χ4n) is 4.18. The summed E-state index contributed by atoms with van der Waals surface area (Å²) in [6.07, 6.45) is -0.522. The zero-order chi connectivity index (χ0) is 28.5. The summed E-state index contributed by atoms with van der Waals surface area (Å²) in [6.45, 7) is 5.32. The number of nitrogens with one attached hydrogen (secondary N) is 1. The van der Waals surface area contributed by atoms with Crippen molar-refractivity contribution < 1.29 is 26.4 Å². The summed E-state index contributed by atoms with van der Waals surface area (Å²) in [5, 5.41) is 3.76. The van der Waals surface area contributed by atoms with E-state index >= 15 is 0 Å². The largest absolute Gasteiger partial charge is 0.389 e. The Morgan fingerprint density at radius 3 is 2.44 bits per heavy atom. The van der Waals surface area contributed by atoms with Crippen molar-refractivity contribution in [1.82, 2.24) is 13.9 Å². The van der Waals surface area contributed by atoms with Gasteiger partial charge >= 0.3 is 6.18 Å². The second kappa shape index (κ2) is 11.0. The Hall–Kier alpha value is -3.44. The minimum Gasteiger partial charge on any atom is -0.374 e. The Morgan fingerprint density at radius 2 is 1.79 bits per heavy atom. The Morgan fingerprint density at radius 1 is 1.10 bits per heavy atom. The third-order valence-electron chi connectivity index (χ3n) is 6.20. The van der Waals surface area contributed by atoms with Crippen LogP contribution in [-0.4, -0.2) is 40.4 Å². The summed E-state index contributed by atoms with van der Waals surface area (Å²) in [5.41, 5.74) is 2.43. The van der Waals surface area contributed by atoms with Crippen LogP contribution < -0.4 is 5.32 Å². The fourth-order valence-corrected chi connectivity index (χ4v) is 5.66. The summed E-state index contributed by atoms with van der Waals surface area (Å²) in [6, 6.07) is 8.80. The number of fused-ring (bicyclic) bond motifs is 1. The van der Waals surface area contributed by atoms with Crippen LogP contribution in [0.25, 0.3) is 22.2 Å². The number of alkyl halides is 3. The van der Waals surface area contributed by atoms with Gasteiger partial charge in [-0.2, -0.15) is 13.2 Å². The number of hydrogen-bond acceptors (Lipinski definition) is 6. The number of carbonyl (C=O) groups is 1. The number of carbonyl (C=O) groups excluding carboxylic acids is 1. The van der Waals surface area contributed by atoms with Crippen molar-refractivity contribution in [3.8, 4) is 11.1 Å². The van der Waals surface area contributed by atoms with E-state index in [1.165, 1.54) is 36.9 Å². The quantitative estimate of drug-likeness (QED) is 0.239. The molecule has 1 N–H and O–H groups in total. The first-order valence-electron chi connectivity index (χ1n) is 12.1. The van der Waals surface area contributed by atoms with Crippen LogP contribution in [0, 0.1) is 12.8 Å². The molecular formula is C27H26ClF3N4O3S. The molecule has 3 heterocycles. The normalized spacial score (nSPS) is 13.1. The van der Waals surface area contributed by atoms with Crippen LogP contribution in [0.1, 0.15) is 32.3 Å². The standard InChI is InChI=1S/C27H26ClF3N4O3S/c1-16(2)25(24(36)8-9-27(29,30)31)34-20-10-18(12-32-14-20)23-15-35(26-22(23)11-19(28)13-33-26)39(37,38)21-6-4-17(3)5-7-21/h4-7,10-16,25,34H,8-9H2,1-3H3. The van der Waals surface area contributed by atoms with E-state index in [0.29, 0.717) is 27.2 Å². The summed E-state index contributed by atoms with van der Waals surface area (Å²) in [5.74, 6) is -0.858. The number of Topliss-reactive ketones (excluding diaryl/α,β-unsaturated/α-hetero) is 1. The highest BCUT2D eigenvalue weighted by Crippen LogP contribution is 2.34. The molecule has 0 spiro atoms. The number of hydrogen-bond donors (Lipinski definition) is 1. The number of rotatable bonds is 9. The first-order valence-corrected chi connectivity index (χ1v) is 13.9. The van der Waals surface area contributed by atoms with Crippen molar-refractivity contribution >= 4 is 44.1 Å². The number of anilines is 1. The van der Waals surface area contributed by atoms with Crippen molar-refractivity contribution in [1.29, 1.82) is 0 Å². The molecule has 0 saturated carbocycles. The van der Waals surface area contributed by atoms with Crippen LogP contribution in [0.2, 0.25) is 5.02 Å². The Bertz CT molecular complexity index is 1620. The maximum Gasteiger partial charge on any atom is 0.389 e. The lowest BCUT2D eigenvalue weighted by atomic mass is 9.96. The van der Waals surface area contributed by atoms with Crippen molar-refractivity contribution in [2.75, 3.05) is 5.32 Å². The van der Waals surface area contributed by atoms with Gasteiger partial charge in [0.2, 0.25) is 0 Å². The number of ketones is 1. The van der Waals surface area contributed by atoms with E-state index in [-0.39, 0.29) is 16.5 Å². The molecule has 0 aliphatic carbocycles. The second-order valence-electron chi connectivity index (χ2n) is 9.59. The molecular weight excluding hydrogens is 553 g/mol. The van der Waals surface area contributed by atoms with Crippen LogP contribution in [0.3, 0.4) is 0 Å². The number of halogens is 4. The molecule has 4 aromatic rings. The highest BCUT2D eigenvalue weighted by atomic mass is 35.5. The molecule has 1 unspecified atom stereocenters. The molecule has 0 saturated heterocycles. The van der Waals surface area contributed by atoms with Crippen LogP contribution in [-0.2, 0) is 14.8 Å². The van der Waals surface area contributed by atoms with Gasteiger partial charge in [-0.25, -0.2) is 17.4 Å². The van der Waals surface area contributed by atoms with Gasteiger partial charge in [-0.05, 0) is 37.1 Å². The average molecular weight is 579 g/mol. The molecule has 0 amide bonds. The topological polar surface area (TPSA) is 94.0 Å². The SMILES string of the molecule is Cc1ccc(S(=O)(=O)n2cc(-c3cncc(NC(C(=O)CCC(F)(F)F)C(C)C)c3)c3cc(Cl)cnc32)cc1. The second-order valence-corrected chi connectivity index (χ2v) is 11.8. The molecule has 4 rings (SSSR count). The summed E-state index contributed by atoms with van der Waals surface area (Å²) >= 11 is 6.20. The third kappa shape index (κ3) is 6.42. The van der Waals surface area contributed by atoms with Crippen molar-refractivity contribution in [3.63, 3.8) is 0 Å². The molecule has 0 bridgehead atoms. The maximum absolute atomic E-state index is 13.5. The molecule has 0 aliphatic heterocycles. The van der Waals surface area contributed by atoms with Gasteiger partial charge in [-0.15, -0.1) is 0 Å². The Balaban J connectivity index is 1.74. The smallest absolute Gasteiger partial charge is 0.374 e. The average Bonchev–Trinajstić information content (AvgIpc) is 3.25. The number of nitrogens with zero attached hydrogens (tertiary/aromatic N) is 3. The number of aromatic nitrogens is 3.